The lowest BCUT2D eigenvalue weighted by atomic mass is 9.32. The highest BCUT2D eigenvalue weighted by Gasteiger charge is 2.78. The van der Waals surface area contributed by atoms with Crippen molar-refractivity contribution in [3.8, 4) is 5.75 Å². The lowest BCUT2D eigenvalue weighted by Gasteiger charge is -2.71. The lowest BCUT2D eigenvalue weighted by Crippen LogP contribution is -2.67. The fraction of sp³-hybridized carbons (Fsp3) is 0.622. The number of hydrogen-bond acceptors (Lipinski definition) is 8. The van der Waals surface area contributed by atoms with Gasteiger partial charge >= 0.3 is 12.3 Å². The van der Waals surface area contributed by atoms with Gasteiger partial charge in [0.2, 0.25) is 5.78 Å². The average Bonchev–Trinajstić information content (AvgIpc) is 3.86. The van der Waals surface area contributed by atoms with Gasteiger partial charge in [-0.3, -0.25) is 14.4 Å². The summed E-state index contributed by atoms with van der Waals surface area (Å²) in [6.07, 6.45) is 7.67. The summed E-state index contributed by atoms with van der Waals surface area (Å²) in [6, 6.07) is 8.71. The average molecular weight is 792 g/mol. The van der Waals surface area contributed by atoms with Crippen molar-refractivity contribution < 1.29 is 51.7 Å². The second-order valence-electron chi connectivity index (χ2n) is 19.6. The minimum atomic E-state index is -4.87. The highest BCUT2D eigenvalue weighted by molar-refractivity contribution is 6.09. The summed E-state index contributed by atoms with van der Waals surface area (Å²) in [4.78, 5) is 44.8. The molecule has 2 aromatic rings. The molecule has 10 rings (SSSR count). The van der Waals surface area contributed by atoms with Crippen LogP contribution in [0.3, 0.4) is 0 Å². The number of amides is 1. The topological polar surface area (TPSA) is 127 Å². The second kappa shape index (κ2) is 11.9. The second-order valence-corrected chi connectivity index (χ2v) is 19.6. The van der Waals surface area contributed by atoms with Gasteiger partial charge in [0.1, 0.15) is 5.75 Å². The summed E-state index contributed by atoms with van der Waals surface area (Å²) >= 11 is 0. The number of fused-ring (bicyclic) bond motifs is 3. The lowest BCUT2D eigenvalue weighted by molar-refractivity contribution is -0.274. The molecule has 0 radical (unpaired) electrons. The summed E-state index contributed by atoms with van der Waals surface area (Å²) in [7, 11) is 0. The van der Waals surface area contributed by atoms with E-state index in [9.17, 15) is 33.0 Å². The molecular weight excluding hydrogens is 739 g/mol. The molecule has 1 amide bonds. The van der Waals surface area contributed by atoms with Crippen molar-refractivity contribution in [2.75, 3.05) is 6.54 Å². The van der Waals surface area contributed by atoms with Crippen molar-refractivity contribution in [3.63, 3.8) is 0 Å². The molecule has 306 valence electrons. The molecule has 1 unspecified atom stereocenters. The van der Waals surface area contributed by atoms with Crippen molar-refractivity contribution in [3.05, 3.63) is 77.8 Å². The Labute approximate surface area is 330 Å². The van der Waals surface area contributed by atoms with Gasteiger partial charge in [-0.15, -0.1) is 13.2 Å². The quantitative estimate of drug-likeness (QED) is 0.156. The maximum Gasteiger partial charge on any atom is 0.573 e. The first-order valence-electron chi connectivity index (χ1n) is 20.4. The molecule has 9 nitrogen and oxygen atoms in total. The molecule has 8 aliphatic rings. The fourth-order valence-electron chi connectivity index (χ4n) is 13.6. The van der Waals surface area contributed by atoms with Crippen LogP contribution in [-0.4, -0.2) is 63.0 Å². The minimum Gasteiger partial charge on any atom is -0.461 e. The van der Waals surface area contributed by atoms with E-state index in [0.717, 1.165) is 6.42 Å². The number of ether oxygens (including phenoxy) is 2. The molecule has 2 N–H and O–H groups in total. The number of aliphatic hydroxyl groups excluding tert-OH is 1. The zero-order valence-corrected chi connectivity index (χ0v) is 33.2. The first-order chi connectivity index (χ1) is 26.6. The minimum absolute atomic E-state index is 0.0470. The molecule has 12 heteroatoms. The number of carbonyl (C=O) groups is 3. The summed E-state index contributed by atoms with van der Waals surface area (Å²) in [5.41, 5.74) is -5.86. The van der Waals surface area contributed by atoms with E-state index >= 15 is 4.79 Å². The van der Waals surface area contributed by atoms with Crippen molar-refractivity contribution in [1.29, 1.82) is 0 Å². The summed E-state index contributed by atoms with van der Waals surface area (Å²) in [5, 5.41) is 24.3. The molecule has 10 atom stereocenters. The maximum absolute atomic E-state index is 15.2. The van der Waals surface area contributed by atoms with E-state index < -0.39 is 68.4 Å². The Morgan fingerprint density at radius 3 is 2.23 bits per heavy atom. The molecule has 57 heavy (non-hydrogen) atoms. The zero-order valence-electron chi connectivity index (χ0n) is 33.2. The van der Waals surface area contributed by atoms with Crippen LogP contribution in [0.4, 0.5) is 13.2 Å². The Bertz CT molecular complexity index is 2090. The third-order valence-electron chi connectivity index (χ3n) is 17.4. The van der Waals surface area contributed by atoms with Gasteiger partial charge in [0.05, 0.1) is 29.9 Å². The van der Waals surface area contributed by atoms with E-state index in [1.165, 1.54) is 30.5 Å². The van der Waals surface area contributed by atoms with Crippen LogP contribution in [0.5, 0.6) is 5.75 Å². The van der Waals surface area contributed by atoms with E-state index in [1.807, 2.05) is 20.8 Å². The smallest absolute Gasteiger partial charge is 0.461 e. The standard InChI is InChI=1S/C45H52F3NO8/c1-37(2)40(5)18-21-44(37,57-36(40)53)35(52)49(25-27-8-10-29(11-9-27)56-45(46,47)48)26-42(54)17-14-33-39(42,4)16-13-32-38(3)15-12-28(50)23-41(38)19-20-43(32,33)30(24-41)34(51)31-7-6-22-55-31/h6-11,19-20,22,24,28,32-33,50,54H,12-18,21,23,25-26H2,1-5H3/t28?,32-,33-,38-,39+,40+,41+,42-,43-,44-/m1/s1. The molecule has 1 saturated heterocycles. The van der Waals surface area contributed by atoms with Gasteiger partial charge < -0.3 is 29.0 Å². The highest BCUT2D eigenvalue weighted by Crippen LogP contribution is 2.78. The number of nitrogens with zero attached hydrogens (tertiary/aromatic N) is 1. The Hall–Kier alpha value is -3.90. The third-order valence-corrected chi connectivity index (χ3v) is 17.4. The fourth-order valence-corrected chi connectivity index (χ4v) is 13.6. The number of hydrogen-bond donors (Lipinski definition) is 2. The van der Waals surface area contributed by atoms with Crippen molar-refractivity contribution in [2.45, 2.75) is 123 Å². The van der Waals surface area contributed by atoms with E-state index in [2.05, 4.69) is 36.8 Å². The summed E-state index contributed by atoms with van der Waals surface area (Å²) < 4.78 is 54.9. The summed E-state index contributed by atoms with van der Waals surface area (Å²) in [6.45, 7) is 9.79. The van der Waals surface area contributed by atoms with Crippen LogP contribution >= 0.6 is 0 Å². The van der Waals surface area contributed by atoms with Crippen LogP contribution < -0.4 is 4.74 Å². The predicted octanol–water partition coefficient (Wildman–Crippen LogP) is 8.10. The molecule has 1 aromatic heterocycles. The Balaban J connectivity index is 1.11. The van der Waals surface area contributed by atoms with Gasteiger partial charge in [-0.1, -0.05) is 58.1 Å². The normalized spacial score (nSPS) is 42.2. The number of halogens is 3. The number of aliphatic hydroxyl groups is 2. The van der Waals surface area contributed by atoms with Gasteiger partial charge in [0.25, 0.3) is 5.91 Å². The highest BCUT2D eigenvalue weighted by atomic mass is 19.4. The molecule has 4 saturated carbocycles. The zero-order chi connectivity index (χ0) is 40.8. The molecule has 5 fully saturated rings. The van der Waals surface area contributed by atoms with E-state index in [1.54, 1.807) is 17.0 Å². The van der Waals surface area contributed by atoms with Crippen LogP contribution in [0.1, 0.15) is 109 Å². The van der Waals surface area contributed by atoms with Crippen molar-refractivity contribution >= 4 is 17.7 Å². The summed E-state index contributed by atoms with van der Waals surface area (Å²) in [5.74, 6) is -1.39. The number of alkyl halides is 3. The number of carbonyl (C=O) groups excluding carboxylic acids is 3. The van der Waals surface area contributed by atoms with Gasteiger partial charge in [-0.2, -0.15) is 0 Å². The number of rotatable bonds is 8. The molecule has 1 aliphatic heterocycles. The van der Waals surface area contributed by atoms with E-state index in [-0.39, 0.29) is 41.9 Å². The number of ketones is 1. The number of Topliss-reactive ketones (excluding diaryl/α,β-unsaturated/α-hetero) is 1. The SMILES string of the molecule is CC1(C)[C@@]2(C)CC[C@]1(C(=O)N(Cc1ccc(OC(F)(F)F)cc1)C[C@]1(O)CC[C@H]3[C@]45C=C[C@@]6(C=C4C(=O)c4ccco4)CC(O)CC[C@]6(C)[C@H]5CC[C@@]31C)OC2=O. The van der Waals surface area contributed by atoms with Crippen LogP contribution in [0.2, 0.25) is 0 Å². The van der Waals surface area contributed by atoms with Gasteiger partial charge in [-0.05, 0) is 112 Å². The first kappa shape index (κ1) is 38.6. The van der Waals surface area contributed by atoms with Gasteiger partial charge in [-0.25, -0.2) is 0 Å². The largest absolute Gasteiger partial charge is 0.573 e. The number of allylic oxidation sites excluding steroid dienone is 4. The maximum atomic E-state index is 15.2. The number of esters is 1. The molecule has 1 aromatic carbocycles. The van der Waals surface area contributed by atoms with Crippen LogP contribution in [0.15, 0.2) is 70.9 Å². The number of furan rings is 1. The number of benzene rings is 1. The molecule has 2 heterocycles. The van der Waals surface area contributed by atoms with E-state index in [0.29, 0.717) is 62.5 Å². The molecular formula is C45H52F3NO8. The Kier molecular flexibility index (Phi) is 8.03. The molecule has 2 spiro atoms. The van der Waals surface area contributed by atoms with Gasteiger partial charge in [0, 0.05) is 33.8 Å². The first-order valence-corrected chi connectivity index (χ1v) is 20.4. The Morgan fingerprint density at radius 2 is 1.60 bits per heavy atom. The van der Waals surface area contributed by atoms with Crippen LogP contribution in [-0.2, 0) is 20.9 Å². The van der Waals surface area contributed by atoms with Crippen LogP contribution in [0.25, 0.3) is 0 Å². The predicted molar refractivity (Wildman–Crippen MR) is 200 cm³/mol. The molecule has 7 aliphatic carbocycles. The monoisotopic (exact) mass is 791 g/mol. The van der Waals surface area contributed by atoms with Crippen molar-refractivity contribution in [1.82, 2.24) is 4.90 Å². The van der Waals surface area contributed by atoms with Crippen LogP contribution in [0, 0.1) is 44.3 Å². The molecule has 4 bridgehead atoms. The van der Waals surface area contributed by atoms with E-state index in [4.69, 9.17) is 9.15 Å². The third kappa shape index (κ3) is 4.86. The Morgan fingerprint density at radius 1 is 0.912 bits per heavy atom. The van der Waals surface area contributed by atoms with Gasteiger partial charge in [0.15, 0.2) is 11.4 Å². The van der Waals surface area contributed by atoms with Crippen molar-refractivity contribution in [2.24, 2.45) is 44.3 Å².